The predicted molar refractivity (Wildman–Crippen MR) is 128 cm³/mol. The average molecular weight is 535 g/mol. The van der Waals surface area contributed by atoms with Crippen molar-refractivity contribution in [2.24, 2.45) is 0 Å². The van der Waals surface area contributed by atoms with E-state index in [0.717, 1.165) is 5.69 Å². The van der Waals surface area contributed by atoms with Gasteiger partial charge in [-0.1, -0.05) is 34.8 Å². The number of ether oxygens (including phenoxy) is 2. The molecule has 2 aliphatic heterocycles. The van der Waals surface area contributed by atoms with Gasteiger partial charge in [0.15, 0.2) is 0 Å². The number of halogens is 3. The second-order valence-corrected chi connectivity index (χ2v) is 10.7. The van der Waals surface area contributed by atoms with Crippen LogP contribution in [0.15, 0.2) is 35.2 Å². The van der Waals surface area contributed by atoms with E-state index < -0.39 is 15.9 Å². The molecule has 0 unspecified atom stereocenters. The summed E-state index contributed by atoms with van der Waals surface area (Å²) in [5.74, 6) is -0.577. The molecule has 0 atom stereocenters. The van der Waals surface area contributed by atoms with E-state index in [0.29, 0.717) is 37.0 Å². The fraction of sp³-hybridized carbons (Fsp3) is 0.381. The molecule has 2 heterocycles. The number of nitrogens with one attached hydrogen (secondary N) is 1. The molecule has 8 nitrogen and oxygen atoms in total. The van der Waals surface area contributed by atoms with Gasteiger partial charge in [0.2, 0.25) is 10.0 Å². The minimum atomic E-state index is -3.93. The Bertz CT molecular complexity index is 1150. The van der Waals surface area contributed by atoms with Crippen LogP contribution in [0.2, 0.25) is 15.1 Å². The van der Waals surface area contributed by atoms with Gasteiger partial charge in [0.05, 0.1) is 53.4 Å². The lowest BCUT2D eigenvalue weighted by molar-refractivity contribution is 0.0730. The molecule has 1 amide bonds. The molecule has 2 aromatic rings. The first-order valence-corrected chi connectivity index (χ1v) is 12.9. The van der Waals surface area contributed by atoms with Gasteiger partial charge in [-0.15, -0.1) is 0 Å². The van der Waals surface area contributed by atoms with Crippen molar-refractivity contribution in [2.45, 2.75) is 4.90 Å². The summed E-state index contributed by atoms with van der Waals surface area (Å²) in [4.78, 5) is 15.1. The van der Waals surface area contributed by atoms with E-state index in [2.05, 4.69) is 10.2 Å². The molecule has 0 bridgehead atoms. The summed E-state index contributed by atoms with van der Waals surface area (Å²) in [5, 5.41) is 3.25. The minimum Gasteiger partial charge on any atom is -0.379 e. The summed E-state index contributed by atoms with van der Waals surface area (Å²) in [6.07, 6.45) is 0. The van der Waals surface area contributed by atoms with Crippen LogP contribution < -0.4 is 10.2 Å². The van der Waals surface area contributed by atoms with Crippen molar-refractivity contribution in [3.8, 4) is 0 Å². The number of benzene rings is 2. The SMILES string of the molecule is O=C(Nc1cc(Cl)ccc1N1CCOCC1)c1cc(S(=O)(=O)N2CCOCC2)c(Cl)cc1Cl. The molecule has 1 N–H and O–H groups in total. The molecule has 0 aromatic heterocycles. The van der Waals surface area contributed by atoms with Crippen molar-refractivity contribution in [3.63, 3.8) is 0 Å². The van der Waals surface area contributed by atoms with Crippen LogP contribution >= 0.6 is 34.8 Å². The number of carbonyl (C=O) groups is 1. The molecule has 0 saturated carbocycles. The van der Waals surface area contributed by atoms with Gasteiger partial charge in [0.25, 0.3) is 5.91 Å². The number of hydrogen-bond acceptors (Lipinski definition) is 6. The van der Waals surface area contributed by atoms with E-state index in [9.17, 15) is 13.2 Å². The standard InChI is InChI=1S/C21H22Cl3N3O5S/c22-14-1-2-19(26-3-7-31-8-4-26)18(11-14)25-21(28)15-12-20(17(24)13-16(15)23)33(29,30)27-5-9-32-10-6-27/h1-2,11-13H,3-10H2,(H,25,28). The number of morpholine rings is 2. The van der Waals surface area contributed by atoms with Crippen LogP contribution in [-0.2, 0) is 19.5 Å². The molecule has 33 heavy (non-hydrogen) atoms. The Labute approximate surface area is 207 Å². The molecule has 2 aromatic carbocycles. The van der Waals surface area contributed by atoms with Gasteiger partial charge >= 0.3 is 0 Å². The van der Waals surface area contributed by atoms with Gasteiger partial charge < -0.3 is 19.7 Å². The quantitative estimate of drug-likeness (QED) is 0.629. The molecule has 2 aliphatic rings. The molecule has 0 aliphatic carbocycles. The second-order valence-electron chi connectivity index (χ2n) is 7.49. The monoisotopic (exact) mass is 533 g/mol. The van der Waals surface area contributed by atoms with Crippen molar-refractivity contribution in [2.75, 3.05) is 62.8 Å². The van der Waals surface area contributed by atoms with Crippen LogP contribution in [0.1, 0.15) is 10.4 Å². The lowest BCUT2D eigenvalue weighted by atomic mass is 10.2. The number of nitrogens with zero attached hydrogens (tertiary/aromatic N) is 2. The summed E-state index contributed by atoms with van der Waals surface area (Å²) < 4.78 is 38.2. The van der Waals surface area contributed by atoms with Gasteiger partial charge in [0, 0.05) is 31.2 Å². The predicted octanol–water partition coefficient (Wildman–Crippen LogP) is 3.76. The van der Waals surface area contributed by atoms with E-state index in [1.165, 1.54) is 16.4 Å². The van der Waals surface area contributed by atoms with Crippen molar-refractivity contribution in [1.29, 1.82) is 0 Å². The number of sulfonamides is 1. The zero-order valence-electron chi connectivity index (χ0n) is 17.5. The normalized spacial score (nSPS) is 17.7. The Kier molecular flexibility index (Phi) is 7.69. The molecule has 0 spiro atoms. The Balaban J connectivity index is 1.66. The highest BCUT2D eigenvalue weighted by Crippen LogP contribution is 2.34. The van der Waals surface area contributed by atoms with E-state index in [1.54, 1.807) is 12.1 Å². The van der Waals surface area contributed by atoms with E-state index in [4.69, 9.17) is 44.3 Å². The molecule has 2 fully saturated rings. The fourth-order valence-electron chi connectivity index (χ4n) is 3.70. The third-order valence-corrected chi connectivity index (χ3v) is 8.32. The summed E-state index contributed by atoms with van der Waals surface area (Å²) in [7, 11) is -3.93. The highest BCUT2D eigenvalue weighted by Gasteiger charge is 2.30. The summed E-state index contributed by atoms with van der Waals surface area (Å²) in [6, 6.07) is 7.68. The van der Waals surface area contributed by atoms with Gasteiger partial charge in [0.1, 0.15) is 4.90 Å². The molecule has 4 rings (SSSR count). The van der Waals surface area contributed by atoms with Gasteiger partial charge in [-0.2, -0.15) is 4.31 Å². The third-order valence-electron chi connectivity index (χ3n) is 5.41. The second kappa shape index (κ2) is 10.4. The Hall–Kier alpha value is -1.59. The number of rotatable bonds is 5. The third kappa shape index (κ3) is 5.40. The van der Waals surface area contributed by atoms with Crippen molar-refractivity contribution >= 4 is 62.1 Å². The molecular weight excluding hydrogens is 513 g/mol. The Morgan fingerprint density at radius 1 is 0.879 bits per heavy atom. The first kappa shape index (κ1) is 24.5. The van der Waals surface area contributed by atoms with Crippen LogP contribution in [0.3, 0.4) is 0 Å². The Morgan fingerprint density at radius 2 is 1.52 bits per heavy atom. The van der Waals surface area contributed by atoms with Crippen molar-refractivity contribution in [1.82, 2.24) is 4.31 Å². The van der Waals surface area contributed by atoms with Crippen molar-refractivity contribution < 1.29 is 22.7 Å². The number of anilines is 2. The largest absolute Gasteiger partial charge is 0.379 e. The number of hydrogen-bond donors (Lipinski definition) is 1. The molecule has 0 radical (unpaired) electrons. The molecular formula is C21H22Cl3N3O5S. The fourth-order valence-corrected chi connectivity index (χ4v) is 6.12. The van der Waals surface area contributed by atoms with E-state index in [-0.39, 0.29) is 46.8 Å². The Morgan fingerprint density at radius 3 is 2.18 bits per heavy atom. The van der Waals surface area contributed by atoms with Crippen molar-refractivity contribution in [3.05, 3.63) is 51.0 Å². The van der Waals surface area contributed by atoms with Gasteiger partial charge in [-0.05, 0) is 30.3 Å². The van der Waals surface area contributed by atoms with Crippen LogP contribution in [0.25, 0.3) is 0 Å². The topological polar surface area (TPSA) is 88.2 Å². The minimum absolute atomic E-state index is 0.0131. The first-order chi connectivity index (χ1) is 15.8. The molecule has 2 saturated heterocycles. The number of carbonyl (C=O) groups excluding carboxylic acids is 1. The van der Waals surface area contributed by atoms with Crippen LogP contribution in [0.5, 0.6) is 0 Å². The number of amides is 1. The van der Waals surface area contributed by atoms with E-state index in [1.807, 2.05) is 6.07 Å². The maximum absolute atomic E-state index is 13.2. The van der Waals surface area contributed by atoms with Gasteiger partial charge in [-0.3, -0.25) is 4.79 Å². The molecule has 178 valence electrons. The van der Waals surface area contributed by atoms with E-state index >= 15 is 0 Å². The maximum atomic E-state index is 13.2. The van der Waals surface area contributed by atoms with Crippen LogP contribution in [0, 0.1) is 0 Å². The zero-order valence-corrected chi connectivity index (χ0v) is 20.6. The lowest BCUT2D eigenvalue weighted by Crippen LogP contribution is -2.40. The smallest absolute Gasteiger partial charge is 0.257 e. The summed E-state index contributed by atoms with van der Waals surface area (Å²) >= 11 is 18.7. The first-order valence-electron chi connectivity index (χ1n) is 10.3. The maximum Gasteiger partial charge on any atom is 0.257 e. The highest BCUT2D eigenvalue weighted by molar-refractivity contribution is 7.89. The average Bonchev–Trinajstić information content (AvgIpc) is 2.80. The summed E-state index contributed by atoms with van der Waals surface area (Å²) in [6.45, 7) is 3.45. The summed E-state index contributed by atoms with van der Waals surface area (Å²) in [5.41, 5.74) is 1.25. The van der Waals surface area contributed by atoms with Crippen LogP contribution in [0.4, 0.5) is 11.4 Å². The van der Waals surface area contributed by atoms with Crippen LogP contribution in [-0.4, -0.2) is 71.2 Å². The lowest BCUT2D eigenvalue weighted by Gasteiger charge is -2.30. The van der Waals surface area contributed by atoms with Gasteiger partial charge in [-0.25, -0.2) is 8.42 Å². The zero-order chi connectivity index (χ0) is 23.6. The highest BCUT2D eigenvalue weighted by atomic mass is 35.5. The molecule has 12 heteroatoms.